The van der Waals surface area contributed by atoms with Crippen LogP contribution in [0.1, 0.15) is 18.3 Å². The van der Waals surface area contributed by atoms with E-state index in [-0.39, 0.29) is 6.04 Å². The summed E-state index contributed by atoms with van der Waals surface area (Å²) in [6, 6.07) is 6.38. The maximum absolute atomic E-state index is 12.5. The van der Waals surface area contributed by atoms with E-state index >= 15 is 0 Å². The van der Waals surface area contributed by atoms with Crippen molar-refractivity contribution in [1.82, 2.24) is 10.2 Å². The Kier molecular flexibility index (Phi) is 4.69. The zero-order chi connectivity index (χ0) is 17.3. The highest BCUT2D eigenvalue weighted by Gasteiger charge is 2.46. The fourth-order valence-corrected chi connectivity index (χ4v) is 2.85. The average Bonchev–Trinajstić information content (AvgIpc) is 2.83. The molecule has 1 aromatic carbocycles. The molecule has 1 atom stereocenters. The summed E-state index contributed by atoms with van der Waals surface area (Å²) in [6.07, 6.45) is 0.618. The van der Waals surface area contributed by atoms with E-state index in [1.54, 1.807) is 0 Å². The molecule has 126 valence electrons. The van der Waals surface area contributed by atoms with Gasteiger partial charge in [-0.3, -0.25) is 5.10 Å². The lowest BCUT2D eigenvalue weighted by molar-refractivity contribution is -0.0436. The standard InChI is InChI=1S/C14H16F3N3O2S/c1-9(7-12-8-10(2)19-20-12)18-11-3-5-13(6-4-11)23(21,22)14(15,16)17/h3-6,8-9,18H,7H2,1-2H3,(H,19,20). The maximum atomic E-state index is 12.5. The average molecular weight is 347 g/mol. The Morgan fingerprint density at radius 1 is 1.26 bits per heavy atom. The third-order valence-electron chi connectivity index (χ3n) is 3.16. The molecule has 0 spiro atoms. The van der Waals surface area contributed by atoms with Crippen molar-refractivity contribution < 1.29 is 21.6 Å². The maximum Gasteiger partial charge on any atom is 0.501 e. The Balaban J connectivity index is 2.05. The zero-order valence-corrected chi connectivity index (χ0v) is 13.3. The molecular weight excluding hydrogens is 331 g/mol. The van der Waals surface area contributed by atoms with Crippen molar-refractivity contribution in [3.05, 3.63) is 41.7 Å². The van der Waals surface area contributed by atoms with E-state index in [0.717, 1.165) is 23.5 Å². The van der Waals surface area contributed by atoms with Crippen LogP contribution in [0.4, 0.5) is 18.9 Å². The van der Waals surface area contributed by atoms with Crippen molar-refractivity contribution in [3.8, 4) is 0 Å². The van der Waals surface area contributed by atoms with Crippen LogP contribution >= 0.6 is 0 Å². The number of benzene rings is 1. The van der Waals surface area contributed by atoms with Crippen molar-refractivity contribution in [2.75, 3.05) is 5.32 Å². The molecule has 2 rings (SSSR count). The minimum atomic E-state index is -5.31. The number of rotatable bonds is 5. The molecule has 0 saturated carbocycles. The number of anilines is 1. The SMILES string of the molecule is Cc1cc(CC(C)Nc2ccc(S(=O)(=O)C(F)(F)F)cc2)n[nH]1. The molecule has 0 radical (unpaired) electrons. The summed E-state index contributed by atoms with van der Waals surface area (Å²) in [5.41, 5.74) is -2.97. The molecule has 1 aromatic heterocycles. The van der Waals surface area contributed by atoms with Gasteiger partial charge < -0.3 is 5.32 Å². The van der Waals surface area contributed by atoms with Crippen LogP contribution in [0.5, 0.6) is 0 Å². The van der Waals surface area contributed by atoms with Gasteiger partial charge in [0.15, 0.2) is 0 Å². The zero-order valence-electron chi connectivity index (χ0n) is 12.5. The van der Waals surface area contributed by atoms with E-state index in [4.69, 9.17) is 0 Å². The van der Waals surface area contributed by atoms with Crippen LogP contribution in [0, 0.1) is 6.92 Å². The number of sulfone groups is 1. The normalized spacial score (nSPS) is 13.8. The first kappa shape index (κ1) is 17.3. The molecule has 0 aliphatic carbocycles. The van der Waals surface area contributed by atoms with Gasteiger partial charge in [-0.15, -0.1) is 0 Å². The summed E-state index contributed by atoms with van der Waals surface area (Å²) in [6.45, 7) is 3.78. The van der Waals surface area contributed by atoms with E-state index in [2.05, 4.69) is 15.5 Å². The fraction of sp³-hybridized carbons (Fsp3) is 0.357. The number of hydrogen-bond acceptors (Lipinski definition) is 4. The van der Waals surface area contributed by atoms with Gasteiger partial charge in [0, 0.05) is 23.8 Å². The summed E-state index contributed by atoms with van der Waals surface area (Å²) < 4.78 is 59.9. The van der Waals surface area contributed by atoms with Crippen LogP contribution < -0.4 is 5.32 Å². The quantitative estimate of drug-likeness (QED) is 0.872. The molecule has 2 aromatic rings. The predicted octanol–water partition coefficient (Wildman–Crippen LogP) is 3.05. The highest BCUT2D eigenvalue weighted by atomic mass is 32.2. The van der Waals surface area contributed by atoms with Crippen LogP contribution in [0.25, 0.3) is 0 Å². The minimum Gasteiger partial charge on any atom is -0.382 e. The molecule has 5 nitrogen and oxygen atoms in total. The second-order valence-corrected chi connectivity index (χ2v) is 7.21. The number of aromatic nitrogens is 2. The first-order valence-electron chi connectivity index (χ1n) is 6.78. The molecule has 0 aliphatic heterocycles. The molecule has 2 N–H and O–H groups in total. The van der Waals surface area contributed by atoms with Crippen molar-refractivity contribution in [2.45, 2.75) is 36.7 Å². The molecule has 1 heterocycles. The monoisotopic (exact) mass is 347 g/mol. The smallest absolute Gasteiger partial charge is 0.382 e. The molecular formula is C14H16F3N3O2S. The van der Waals surface area contributed by atoms with Gasteiger partial charge in [-0.25, -0.2) is 8.42 Å². The Bertz CT molecular complexity index is 767. The molecule has 0 bridgehead atoms. The van der Waals surface area contributed by atoms with Crippen molar-refractivity contribution in [2.24, 2.45) is 0 Å². The lowest BCUT2D eigenvalue weighted by atomic mass is 10.1. The highest BCUT2D eigenvalue weighted by Crippen LogP contribution is 2.30. The molecule has 0 fully saturated rings. The van der Waals surface area contributed by atoms with Gasteiger partial charge in [-0.05, 0) is 44.2 Å². The van der Waals surface area contributed by atoms with Gasteiger partial charge in [0.25, 0.3) is 9.84 Å². The molecule has 0 aliphatic rings. The fourth-order valence-electron chi connectivity index (χ4n) is 2.09. The van der Waals surface area contributed by atoms with Crippen LogP contribution in [-0.2, 0) is 16.3 Å². The van der Waals surface area contributed by atoms with Gasteiger partial charge in [0.1, 0.15) is 0 Å². The van der Waals surface area contributed by atoms with Gasteiger partial charge in [0.05, 0.1) is 10.6 Å². The van der Waals surface area contributed by atoms with E-state index in [0.29, 0.717) is 12.1 Å². The largest absolute Gasteiger partial charge is 0.501 e. The Labute approximate surface area is 131 Å². The molecule has 1 unspecified atom stereocenters. The van der Waals surface area contributed by atoms with Crippen molar-refractivity contribution >= 4 is 15.5 Å². The number of H-pyrrole nitrogens is 1. The third-order valence-corrected chi connectivity index (χ3v) is 4.66. The topological polar surface area (TPSA) is 74.8 Å². The number of aromatic amines is 1. The lowest BCUT2D eigenvalue weighted by Crippen LogP contribution is -2.23. The van der Waals surface area contributed by atoms with Crippen molar-refractivity contribution in [3.63, 3.8) is 0 Å². The Hall–Kier alpha value is -2.03. The van der Waals surface area contributed by atoms with Gasteiger partial charge in [-0.1, -0.05) is 0 Å². The predicted molar refractivity (Wildman–Crippen MR) is 79.8 cm³/mol. The Morgan fingerprint density at radius 3 is 2.35 bits per heavy atom. The molecule has 9 heteroatoms. The number of aryl methyl sites for hydroxylation is 1. The van der Waals surface area contributed by atoms with Crippen LogP contribution in [0.15, 0.2) is 35.2 Å². The highest BCUT2D eigenvalue weighted by molar-refractivity contribution is 7.92. The minimum absolute atomic E-state index is 0.0252. The van der Waals surface area contributed by atoms with Crippen molar-refractivity contribution in [1.29, 1.82) is 0 Å². The summed E-state index contributed by atoms with van der Waals surface area (Å²) in [4.78, 5) is -0.772. The summed E-state index contributed by atoms with van der Waals surface area (Å²) >= 11 is 0. The number of nitrogens with one attached hydrogen (secondary N) is 2. The first-order chi connectivity index (χ1) is 10.6. The number of halogens is 3. The summed E-state index contributed by atoms with van der Waals surface area (Å²) in [7, 11) is -5.31. The lowest BCUT2D eigenvalue weighted by Gasteiger charge is -2.15. The molecule has 0 amide bonds. The second-order valence-electron chi connectivity index (χ2n) is 5.27. The number of hydrogen-bond donors (Lipinski definition) is 2. The summed E-state index contributed by atoms with van der Waals surface area (Å²) in [5.74, 6) is 0. The Morgan fingerprint density at radius 2 is 1.87 bits per heavy atom. The van der Waals surface area contributed by atoms with Crippen LogP contribution in [0.2, 0.25) is 0 Å². The molecule has 23 heavy (non-hydrogen) atoms. The van der Waals surface area contributed by atoms with E-state index in [9.17, 15) is 21.6 Å². The van der Waals surface area contributed by atoms with E-state index in [1.807, 2.05) is 19.9 Å². The van der Waals surface area contributed by atoms with Crippen LogP contribution in [-0.4, -0.2) is 30.2 Å². The van der Waals surface area contributed by atoms with Gasteiger partial charge in [-0.2, -0.15) is 18.3 Å². The molecule has 0 saturated heterocycles. The van der Waals surface area contributed by atoms with Gasteiger partial charge >= 0.3 is 5.51 Å². The van der Waals surface area contributed by atoms with E-state index in [1.165, 1.54) is 12.1 Å². The van der Waals surface area contributed by atoms with E-state index < -0.39 is 20.2 Å². The third kappa shape index (κ3) is 4.04. The summed E-state index contributed by atoms with van der Waals surface area (Å²) in [5, 5.41) is 10.0. The first-order valence-corrected chi connectivity index (χ1v) is 8.27. The number of nitrogens with zero attached hydrogens (tertiary/aromatic N) is 1. The van der Waals surface area contributed by atoms with Gasteiger partial charge in [0.2, 0.25) is 0 Å². The van der Waals surface area contributed by atoms with Crippen LogP contribution in [0.3, 0.4) is 0 Å². The number of alkyl halides is 3. The second kappa shape index (κ2) is 6.23.